The van der Waals surface area contributed by atoms with E-state index in [1.165, 1.54) is 6.20 Å². The van der Waals surface area contributed by atoms with E-state index in [9.17, 15) is 4.79 Å². The van der Waals surface area contributed by atoms with Crippen LogP contribution in [0.4, 0.5) is 5.82 Å². The van der Waals surface area contributed by atoms with Crippen LogP contribution < -0.4 is 4.90 Å². The normalized spacial score (nSPS) is 9.31. The van der Waals surface area contributed by atoms with Crippen molar-refractivity contribution in [3.8, 4) is 6.07 Å². The lowest BCUT2D eigenvalue weighted by molar-refractivity contribution is -0.141. The summed E-state index contributed by atoms with van der Waals surface area (Å²) >= 11 is 0. The smallest absolute Gasteiger partial charge is 0.325 e. The Morgan fingerprint density at radius 1 is 1.69 bits per heavy atom. The number of nitrogens with zero attached hydrogens (tertiary/aromatic N) is 3. The number of likely N-dealkylation sites (N-methyl/N-ethyl adjacent to an activating group) is 1. The number of anilines is 1. The standard InChI is InChI=1S/C11H13N3O2/c1-3-16-11(15)8-14(2)10-6-9(7-12)4-5-13-10/h4-6H,3,8H2,1-2H3. The highest BCUT2D eigenvalue weighted by molar-refractivity contribution is 5.75. The molecule has 1 aromatic heterocycles. The zero-order valence-electron chi connectivity index (χ0n) is 9.30. The fourth-order valence-electron chi connectivity index (χ4n) is 1.18. The van der Waals surface area contributed by atoms with Gasteiger partial charge in [-0.2, -0.15) is 5.26 Å². The van der Waals surface area contributed by atoms with Crippen molar-refractivity contribution < 1.29 is 9.53 Å². The van der Waals surface area contributed by atoms with Gasteiger partial charge in [-0.25, -0.2) is 4.98 Å². The Labute approximate surface area is 94.3 Å². The zero-order valence-corrected chi connectivity index (χ0v) is 9.30. The Morgan fingerprint density at radius 2 is 2.44 bits per heavy atom. The van der Waals surface area contributed by atoms with Gasteiger partial charge >= 0.3 is 5.97 Å². The maximum Gasteiger partial charge on any atom is 0.325 e. The third-order valence-corrected chi connectivity index (χ3v) is 1.94. The van der Waals surface area contributed by atoms with Crippen LogP contribution >= 0.6 is 0 Å². The SMILES string of the molecule is CCOC(=O)CN(C)c1cc(C#N)ccn1. The lowest BCUT2D eigenvalue weighted by Crippen LogP contribution is -2.27. The molecule has 16 heavy (non-hydrogen) atoms. The largest absolute Gasteiger partial charge is 0.465 e. The number of pyridine rings is 1. The van der Waals surface area contributed by atoms with E-state index in [0.717, 1.165) is 0 Å². The van der Waals surface area contributed by atoms with Crippen molar-refractivity contribution in [2.45, 2.75) is 6.92 Å². The molecule has 0 saturated carbocycles. The van der Waals surface area contributed by atoms with Gasteiger partial charge in [0.1, 0.15) is 12.4 Å². The number of rotatable bonds is 4. The van der Waals surface area contributed by atoms with E-state index in [2.05, 4.69) is 4.98 Å². The third kappa shape index (κ3) is 3.24. The minimum absolute atomic E-state index is 0.121. The summed E-state index contributed by atoms with van der Waals surface area (Å²) in [6.45, 7) is 2.24. The zero-order chi connectivity index (χ0) is 12.0. The number of esters is 1. The molecule has 5 nitrogen and oxygen atoms in total. The van der Waals surface area contributed by atoms with Crippen LogP contribution in [-0.2, 0) is 9.53 Å². The van der Waals surface area contributed by atoms with Crippen LogP contribution in [0.25, 0.3) is 0 Å². The molecule has 1 rings (SSSR count). The van der Waals surface area contributed by atoms with E-state index >= 15 is 0 Å². The lowest BCUT2D eigenvalue weighted by Gasteiger charge is -2.16. The summed E-state index contributed by atoms with van der Waals surface area (Å²) in [7, 11) is 1.72. The van der Waals surface area contributed by atoms with Crippen LogP contribution in [0.2, 0.25) is 0 Å². The third-order valence-electron chi connectivity index (χ3n) is 1.94. The van der Waals surface area contributed by atoms with Crippen molar-refractivity contribution in [3.63, 3.8) is 0 Å². The number of aromatic nitrogens is 1. The Kier molecular flexibility index (Phi) is 4.28. The van der Waals surface area contributed by atoms with Crippen molar-refractivity contribution in [2.75, 3.05) is 25.1 Å². The number of ether oxygens (including phenoxy) is 1. The molecule has 0 fully saturated rings. The first-order valence-electron chi connectivity index (χ1n) is 4.90. The summed E-state index contributed by atoms with van der Waals surface area (Å²) in [6.07, 6.45) is 1.54. The summed E-state index contributed by atoms with van der Waals surface area (Å²) < 4.78 is 4.82. The second-order valence-corrected chi connectivity index (χ2v) is 3.18. The number of carbonyl (C=O) groups is 1. The first-order chi connectivity index (χ1) is 7.67. The predicted molar refractivity (Wildman–Crippen MR) is 58.9 cm³/mol. The molecule has 0 bridgehead atoms. The van der Waals surface area contributed by atoms with Crippen molar-refractivity contribution in [2.24, 2.45) is 0 Å². The van der Waals surface area contributed by atoms with E-state index in [-0.39, 0.29) is 12.5 Å². The minimum atomic E-state index is -0.311. The molecule has 1 aromatic rings. The van der Waals surface area contributed by atoms with Gasteiger partial charge in [-0.05, 0) is 19.1 Å². The number of nitriles is 1. The summed E-state index contributed by atoms with van der Waals surface area (Å²) in [5, 5.41) is 8.72. The van der Waals surface area contributed by atoms with Gasteiger partial charge in [0.25, 0.3) is 0 Å². The first kappa shape index (κ1) is 12.0. The van der Waals surface area contributed by atoms with Gasteiger partial charge in [0.05, 0.1) is 18.2 Å². The summed E-state index contributed by atoms with van der Waals surface area (Å²) in [5.74, 6) is 0.265. The predicted octanol–water partition coefficient (Wildman–Crippen LogP) is 0.953. The van der Waals surface area contributed by atoms with Crippen LogP contribution in [-0.4, -0.2) is 31.2 Å². The molecule has 0 saturated heterocycles. The highest BCUT2D eigenvalue weighted by Gasteiger charge is 2.09. The Balaban J connectivity index is 2.69. The van der Waals surface area contributed by atoms with E-state index in [0.29, 0.717) is 18.0 Å². The molecule has 0 aliphatic carbocycles. The molecular weight excluding hydrogens is 206 g/mol. The average molecular weight is 219 g/mol. The molecule has 1 heterocycles. The van der Waals surface area contributed by atoms with E-state index < -0.39 is 0 Å². The molecule has 84 valence electrons. The van der Waals surface area contributed by atoms with Gasteiger partial charge in [0, 0.05) is 13.2 Å². The maximum atomic E-state index is 11.2. The van der Waals surface area contributed by atoms with Crippen molar-refractivity contribution in [1.29, 1.82) is 5.26 Å². The molecule has 0 amide bonds. The molecule has 0 aliphatic heterocycles. The molecule has 0 spiro atoms. The highest BCUT2D eigenvalue weighted by atomic mass is 16.5. The van der Waals surface area contributed by atoms with E-state index in [4.69, 9.17) is 10.00 Å². The number of hydrogen-bond donors (Lipinski definition) is 0. The monoisotopic (exact) mass is 219 g/mol. The molecule has 0 aromatic carbocycles. The van der Waals surface area contributed by atoms with Gasteiger partial charge in [-0.15, -0.1) is 0 Å². The van der Waals surface area contributed by atoms with Crippen LogP contribution in [0.3, 0.4) is 0 Å². The second kappa shape index (κ2) is 5.71. The van der Waals surface area contributed by atoms with E-state index in [1.54, 1.807) is 31.0 Å². The van der Waals surface area contributed by atoms with Crippen molar-refractivity contribution in [1.82, 2.24) is 4.98 Å². The van der Waals surface area contributed by atoms with Gasteiger partial charge in [0.15, 0.2) is 0 Å². The van der Waals surface area contributed by atoms with E-state index in [1.807, 2.05) is 6.07 Å². The molecule has 0 unspecified atom stereocenters. The molecular formula is C11H13N3O2. The first-order valence-corrected chi connectivity index (χ1v) is 4.90. The molecule has 5 heteroatoms. The van der Waals surface area contributed by atoms with Crippen LogP contribution in [0.5, 0.6) is 0 Å². The maximum absolute atomic E-state index is 11.2. The minimum Gasteiger partial charge on any atom is -0.465 e. The van der Waals surface area contributed by atoms with Crippen LogP contribution in [0.1, 0.15) is 12.5 Å². The van der Waals surface area contributed by atoms with Gasteiger partial charge in [-0.3, -0.25) is 4.79 Å². The Bertz CT molecular complexity index is 412. The van der Waals surface area contributed by atoms with Gasteiger partial charge in [-0.1, -0.05) is 0 Å². The van der Waals surface area contributed by atoms with Gasteiger partial charge < -0.3 is 9.64 Å². The number of hydrogen-bond acceptors (Lipinski definition) is 5. The van der Waals surface area contributed by atoms with Crippen LogP contribution in [0, 0.1) is 11.3 Å². The quantitative estimate of drug-likeness (QED) is 0.705. The molecule has 0 radical (unpaired) electrons. The van der Waals surface area contributed by atoms with Crippen molar-refractivity contribution >= 4 is 11.8 Å². The fraction of sp³-hybridized carbons (Fsp3) is 0.364. The summed E-state index contributed by atoms with van der Waals surface area (Å²) in [6, 6.07) is 5.25. The summed E-state index contributed by atoms with van der Waals surface area (Å²) in [5.41, 5.74) is 0.515. The fourth-order valence-corrected chi connectivity index (χ4v) is 1.18. The highest BCUT2D eigenvalue weighted by Crippen LogP contribution is 2.09. The molecule has 0 N–H and O–H groups in total. The van der Waals surface area contributed by atoms with Gasteiger partial charge in [0.2, 0.25) is 0 Å². The average Bonchev–Trinajstić information content (AvgIpc) is 2.29. The Morgan fingerprint density at radius 3 is 3.06 bits per heavy atom. The van der Waals surface area contributed by atoms with Crippen LogP contribution in [0.15, 0.2) is 18.3 Å². The van der Waals surface area contributed by atoms with Crippen molar-refractivity contribution in [3.05, 3.63) is 23.9 Å². The number of carbonyl (C=O) groups excluding carboxylic acids is 1. The lowest BCUT2D eigenvalue weighted by atomic mass is 10.3. The second-order valence-electron chi connectivity index (χ2n) is 3.18. The topological polar surface area (TPSA) is 66.2 Å². The summed E-state index contributed by atoms with van der Waals surface area (Å²) in [4.78, 5) is 16.9. The molecule has 0 atom stereocenters. The molecule has 0 aliphatic rings. The Hall–Kier alpha value is -2.09.